The quantitative estimate of drug-likeness (QED) is 0.544. The van der Waals surface area contributed by atoms with Crippen LogP contribution in [0.3, 0.4) is 0 Å². The third-order valence-electron chi connectivity index (χ3n) is 3.68. The molecule has 0 spiro atoms. The Balaban J connectivity index is 0.00000196. The fraction of sp³-hybridized carbons (Fsp3) is 1.00. The van der Waals surface area contributed by atoms with E-state index in [-0.39, 0.29) is 4.70 Å². The lowest BCUT2D eigenvalue weighted by Gasteiger charge is -2.17. The number of unbranched alkanes of at least 4 members (excludes halogenated alkanes) is 5. The normalized spacial score (nSPS) is 25.2. The summed E-state index contributed by atoms with van der Waals surface area (Å²) in [4.78, 5) is 1.88. The molecule has 0 amide bonds. The molecule has 1 fully saturated rings. The number of halogens is 1. The molecule has 1 saturated heterocycles. The van der Waals surface area contributed by atoms with E-state index in [1.165, 1.54) is 64.5 Å². The van der Waals surface area contributed by atoms with Crippen molar-refractivity contribution in [2.24, 2.45) is 0 Å². The second kappa shape index (κ2) is 9.14. The van der Waals surface area contributed by atoms with Crippen molar-refractivity contribution < 1.29 is 9.60 Å². The smallest absolute Gasteiger partial charge is 0.0848 e. The molecule has 0 aromatic rings. The Hall–Kier alpha value is -0.110. The molecule has 0 radical (unpaired) electrons. The lowest BCUT2D eigenvalue weighted by atomic mass is 10.1. The molecule has 0 aromatic carbocycles. The van der Waals surface area contributed by atoms with E-state index in [1.54, 1.807) is 0 Å². The largest absolute Gasteiger partial charge is 1.00 e. The molecule has 0 aliphatic carbocycles. The second-order valence-corrected chi connectivity index (χ2v) is 4.97. The first-order chi connectivity index (χ1) is 6.84. The van der Waals surface area contributed by atoms with Gasteiger partial charge in [0.25, 0.3) is 0 Å². The molecular weight excluding hydrogens is 189 g/mol. The van der Waals surface area contributed by atoms with E-state index in [2.05, 4.69) is 13.8 Å². The fourth-order valence-corrected chi connectivity index (χ4v) is 2.59. The average Bonchev–Trinajstić information content (AvgIpc) is 2.58. The van der Waals surface area contributed by atoms with E-state index in [0.717, 1.165) is 6.04 Å². The van der Waals surface area contributed by atoms with Crippen molar-refractivity contribution in [2.45, 2.75) is 71.3 Å². The highest BCUT2D eigenvalue weighted by Crippen LogP contribution is 2.04. The van der Waals surface area contributed by atoms with Gasteiger partial charge < -0.3 is 9.60 Å². The number of nitrogens with one attached hydrogen (secondary N) is 1. The molecule has 1 aliphatic heterocycles. The molecule has 1 aliphatic rings. The van der Waals surface area contributed by atoms with Crippen molar-refractivity contribution in [3.8, 4) is 0 Å². The monoisotopic (exact) mass is 217 g/mol. The minimum atomic E-state index is 0. The van der Waals surface area contributed by atoms with Crippen molar-refractivity contribution in [1.29, 1.82) is 0 Å². The van der Waals surface area contributed by atoms with E-state index >= 15 is 0 Å². The summed E-state index contributed by atoms with van der Waals surface area (Å²) < 4.78 is 0. The van der Waals surface area contributed by atoms with Crippen LogP contribution in [0, 0.1) is 0 Å². The van der Waals surface area contributed by atoms with Crippen LogP contribution in [0.25, 0.3) is 0 Å². The van der Waals surface area contributed by atoms with Gasteiger partial charge in [0.15, 0.2) is 0 Å². The SMILES string of the molecule is CCCCCCCC[NH+]1CCCC1C.[F-]. The summed E-state index contributed by atoms with van der Waals surface area (Å²) in [5.74, 6) is 0. The van der Waals surface area contributed by atoms with E-state index in [4.69, 9.17) is 0 Å². The zero-order valence-electron chi connectivity index (χ0n) is 10.5. The van der Waals surface area contributed by atoms with Crippen LogP contribution < -0.4 is 9.60 Å². The topological polar surface area (TPSA) is 4.44 Å². The van der Waals surface area contributed by atoms with Gasteiger partial charge in [0.05, 0.1) is 19.1 Å². The highest BCUT2D eigenvalue weighted by Gasteiger charge is 2.22. The molecule has 0 aromatic heterocycles. The first-order valence-electron chi connectivity index (χ1n) is 6.69. The third-order valence-corrected chi connectivity index (χ3v) is 3.68. The van der Waals surface area contributed by atoms with E-state index < -0.39 is 0 Å². The van der Waals surface area contributed by atoms with Gasteiger partial charge in [-0.15, -0.1) is 0 Å². The van der Waals surface area contributed by atoms with Gasteiger partial charge in [-0.1, -0.05) is 32.6 Å². The molecule has 2 unspecified atom stereocenters. The standard InChI is InChI=1S/C13H27N.FH/c1-3-4-5-6-7-8-11-14-12-9-10-13(14)2;/h13H,3-12H2,1-2H3;1H. The zero-order valence-corrected chi connectivity index (χ0v) is 10.5. The van der Waals surface area contributed by atoms with Gasteiger partial charge in [-0.25, -0.2) is 0 Å². The Labute approximate surface area is 94.6 Å². The molecule has 2 atom stereocenters. The third kappa shape index (κ3) is 6.14. The summed E-state index contributed by atoms with van der Waals surface area (Å²) in [5, 5.41) is 0. The summed E-state index contributed by atoms with van der Waals surface area (Å²) >= 11 is 0. The number of hydrogen-bond donors (Lipinski definition) is 1. The summed E-state index contributed by atoms with van der Waals surface area (Å²) in [6.07, 6.45) is 11.6. The molecule has 1 heterocycles. The Kier molecular flexibility index (Phi) is 9.07. The molecule has 1 nitrogen and oxygen atoms in total. The Morgan fingerprint density at radius 2 is 1.73 bits per heavy atom. The summed E-state index contributed by atoms with van der Waals surface area (Å²) in [7, 11) is 0. The molecule has 2 heteroatoms. The minimum absolute atomic E-state index is 0. The molecule has 15 heavy (non-hydrogen) atoms. The van der Waals surface area contributed by atoms with E-state index in [1.807, 2.05) is 4.90 Å². The van der Waals surface area contributed by atoms with Gasteiger partial charge in [-0.05, 0) is 19.8 Å². The first-order valence-corrected chi connectivity index (χ1v) is 6.69. The Morgan fingerprint density at radius 3 is 2.33 bits per heavy atom. The highest BCUT2D eigenvalue weighted by atomic mass is 19.0. The van der Waals surface area contributed by atoms with Crippen LogP contribution in [0.1, 0.15) is 65.2 Å². The number of rotatable bonds is 7. The van der Waals surface area contributed by atoms with Crippen LogP contribution in [0.2, 0.25) is 0 Å². The van der Waals surface area contributed by atoms with Gasteiger partial charge in [0.2, 0.25) is 0 Å². The maximum atomic E-state index is 2.42. The van der Waals surface area contributed by atoms with Crippen LogP contribution >= 0.6 is 0 Å². The predicted octanol–water partition coefficient (Wildman–Crippen LogP) is -0.582. The average molecular weight is 217 g/mol. The maximum absolute atomic E-state index is 2.42. The van der Waals surface area contributed by atoms with Crippen LogP contribution in [-0.2, 0) is 0 Å². The van der Waals surface area contributed by atoms with Crippen LogP contribution in [0.15, 0.2) is 0 Å². The lowest BCUT2D eigenvalue weighted by molar-refractivity contribution is -0.910. The number of hydrogen-bond acceptors (Lipinski definition) is 0. The molecule has 0 saturated carbocycles. The molecule has 0 bridgehead atoms. The zero-order chi connectivity index (χ0) is 10.2. The molecule has 92 valence electrons. The summed E-state index contributed by atoms with van der Waals surface area (Å²) in [6.45, 7) is 7.58. The predicted molar refractivity (Wildman–Crippen MR) is 62.8 cm³/mol. The van der Waals surface area contributed by atoms with Gasteiger partial charge in [-0.3, -0.25) is 0 Å². The number of likely N-dealkylation sites (tertiary alicyclic amines) is 1. The van der Waals surface area contributed by atoms with E-state index in [0.29, 0.717) is 0 Å². The van der Waals surface area contributed by atoms with Crippen molar-refractivity contribution >= 4 is 0 Å². The van der Waals surface area contributed by atoms with Crippen LogP contribution in [0.5, 0.6) is 0 Å². The van der Waals surface area contributed by atoms with Crippen LogP contribution in [-0.4, -0.2) is 19.1 Å². The maximum Gasteiger partial charge on any atom is 0.0848 e. The minimum Gasteiger partial charge on any atom is -1.00 e. The highest BCUT2D eigenvalue weighted by molar-refractivity contribution is 4.56. The summed E-state index contributed by atoms with van der Waals surface area (Å²) in [5.41, 5.74) is 0. The molecule has 1 N–H and O–H groups in total. The van der Waals surface area contributed by atoms with Gasteiger partial charge in [0, 0.05) is 12.8 Å². The van der Waals surface area contributed by atoms with Gasteiger partial charge in [0.1, 0.15) is 0 Å². The van der Waals surface area contributed by atoms with Crippen molar-refractivity contribution in [3.05, 3.63) is 0 Å². The van der Waals surface area contributed by atoms with Crippen LogP contribution in [0.4, 0.5) is 0 Å². The summed E-state index contributed by atoms with van der Waals surface area (Å²) in [6, 6.07) is 0.950. The Morgan fingerprint density at radius 1 is 1.07 bits per heavy atom. The molecular formula is C13H28FN. The second-order valence-electron chi connectivity index (χ2n) is 4.97. The molecule has 1 rings (SSSR count). The van der Waals surface area contributed by atoms with Crippen molar-refractivity contribution in [3.63, 3.8) is 0 Å². The number of quaternary nitrogens is 1. The Bertz CT molecular complexity index is 138. The van der Waals surface area contributed by atoms with Crippen molar-refractivity contribution in [1.82, 2.24) is 0 Å². The van der Waals surface area contributed by atoms with Gasteiger partial charge in [-0.2, -0.15) is 0 Å². The first kappa shape index (κ1) is 14.9. The fourth-order valence-electron chi connectivity index (χ4n) is 2.59. The van der Waals surface area contributed by atoms with Gasteiger partial charge >= 0.3 is 0 Å². The van der Waals surface area contributed by atoms with Crippen molar-refractivity contribution in [2.75, 3.05) is 13.1 Å². The van der Waals surface area contributed by atoms with E-state index in [9.17, 15) is 0 Å². The lowest BCUT2D eigenvalue weighted by Crippen LogP contribution is -3.13.